The number of aryl methyl sites for hydroxylation is 2. The highest BCUT2D eigenvalue weighted by atomic mass is 16.5. The van der Waals surface area contributed by atoms with Crippen molar-refractivity contribution in [1.82, 2.24) is 9.88 Å². The number of nitrogens with one attached hydrogen (secondary N) is 1. The number of aliphatic hydroxyl groups excluding tert-OH is 1. The summed E-state index contributed by atoms with van der Waals surface area (Å²) in [7, 11) is 3.62. The molecule has 1 heterocycles. The number of aromatic nitrogens is 1. The number of amides is 1. The van der Waals surface area contributed by atoms with Crippen LogP contribution in [0.15, 0.2) is 54.7 Å². The smallest absolute Gasteiger partial charge is 0.220 e. The van der Waals surface area contributed by atoms with Crippen LogP contribution in [-0.4, -0.2) is 29.2 Å². The largest absolute Gasteiger partial charge is 0.497 e. The van der Waals surface area contributed by atoms with Crippen LogP contribution in [-0.2, 0) is 18.3 Å². The first-order chi connectivity index (χ1) is 12.6. The molecule has 0 bridgehead atoms. The van der Waals surface area contributed by atoms with Gasteiger partial charge in [-0.05, 0) is 53.3 Å². The monoisotopic (exact) mass is 352 g/mol. The Morgan fingerprint density at radius 2 is 1.96 bits per heavy atom. The molecule has 2 aromatic carbocycles. The first-order valence-corrected chi connectivity index (χ1v) is 8.69. The summed E-state index contributed by atoms with van der Waals surface area (Å²) >= 11 is 0. The number of ether oxygens (including phenoxy) is 1. The van der Waals surface area contributed by atoms with E-state index in [2.05, 4.69) is 5.32 Å². The first-order valence-electron chi connectivity index (χ1n) is 8.69. The van der Waals surface area contributed by atoms with E-state index in [0.717, 1.165) is 27.8 Å². The van der Waals surface area contributed by atoms with Crippen LogP contribution in [0.4, 0.5) is 0 Å². The highest BCUT2D eigenvalue weighted by molar-refractivity contribution is 5.81. The fraction of sp³-hybridized carbons (Fsp3) is 0.286. The quantitative estimate of drug-likeness (QED) is 0.687. The zero-order chi connectivity index (χ0) is 18.5. The number of methoxy groups -OCH3 is 1. The Balaban J connectivity index is 1.49. The lowest BCUT2D eigenvalue weighted by Gasteiger charge is -2.13. The van der Waals surface area contributed by atoms with Gasteiger partial charge in [-0.15, -0.1) is 0 Å². The number of hydrogen-bond donors (Lipinski definition) is 2. The van der Waals surface area contributed by atoms with Crippen LogP contribution in [0.2, 0.25) is 0 Å². The second-order valence-electron chi connectivity index (χ2n) is 6.41. The summed E-state index contributed by atoms with van der Waals surface area (Å²) in [6.45, 7) is 0.208. The number of hydrogen-bond acceptors (Lipinski definition) is 3. The molecule has 0 aliphatic rings. The molecule has 3 aromatic rings. The minimum Gasteiger partial charge on any atom is -0.497 e. The average molecular weight is 352 g/mol. The van der Waals surface area contributed by atoms with Gasteiger partial charge in [0.05, 0.1) is 13.2 Å². The summed E-state index contributed by atoms with van der Waals surface area (Å²) in [4.78, 5) is 12.0. The van der Waals surface area contributed by atoms with Crippen molar-refractivity contribution in [3.05, 3.63) is 65.9 Å². The van der Waals surface area contributed by atoms with Crippen molar-refractivity contribution < 1.29 is 14.6 Å². The molecule has 3 rings (SSSR count). The van der Waals surface area contributed by atoms with Gasteiger partial charge < -0.3 is 19.7 Å². The molecule has 0 radical (unpaired) electrons. The van der Waals surface area contributed by atoms with Crippen LogP contribution in [0.1, 0.15) is 23.7 Å². The van der Waals surface area contributed by atoms with Crippen molar-refractivity contribution in [1.29, 1.82) is 0 Å². The zero-order valence-corrected chi connectivity index (χ0v) is 15.1. The van der Waals surface area contributed by atoms with Gasteiger partial charge in [0.25, 0.3) is 0 Å². The second-order valence-corrected chi connectivity index (χ2v) is 6.41. The van der Waals surface area contributed by atoms with Crippen molar-refractivity contribution >= 4 is 16.8 Å². The normalized spacial score (nSPS) is 12.1. The SMILES string of the molecule is COc1ccc(CCC(=O)NCC(O)c2ccc3c(ccn3C)c2)cc1. The molecule has 1 atom stereocenters. The molecule has 26 heavy (non-hydrogen) atoms. The standard InChI is InChI=1S/C21H24N2O3/c1-23-12-11-16-13-17(6-9-19(16)23)20(24)14-22-21(25)10-5-15-3-7-18(26-2)8-4-15/h3-4,6-9,11-13,20,24H,5,10,14H2,1-2H3,(H,22,25). The Hall–Kier alpha value is -2.79. The topological polar surface area (TPSA) is 63.5 Å². The van der Waals surface area contributed by atoms with Gasteiger partial charge in [0.1, 0.15) is 5.75 Å². The molecule has 2 N–H and O–H groups in total. The zero-order valence-electron chi connectivity index (χ0n) is 15.1. The predicted octanol–water partition coefficient (Wildman–Crippen LogP) is 2.97. The molecule has 0 spiro atoms. The maximum atomic E-state index is 12.0. The van der Waals surface area contributed by atoms with Gasteiger partial charge >= 0.3 is 0 Å². The minimum absolute atomic E-state index is 0.0688. The van der Waals surface area contributed by atoms with E-state index in [1.807, 2.05) is 66.3 Å². The molecule has 0 fully saturated rings. The third kappa shape index (κ3) is 4.24. The van der Waals surface area contributed by atoms with Gasteiger partial charge in [-0.25, -0.2) is 0 Å². The fourth-order valence-electron chi connectivity index (χ4n) is 2.97. The van der Waals surface area contributed by atoms with Gasteiger partial charge in [0.15, 0.2) is 0 Å². The number of rotatable bonds is 7. The fourth-order valence-corrected chi connectivity index (χ4v) is 2.97. The molecule has 136 valence electrons. The number of fused-ring (bicyclic) bond motifs is 1. The van der Waals surface area contributed by atoms with Crippen molar-refractivity contribution in [2.24, 2.45) is 7.05 Å². The number of carbonyl (C=O) groups is 1. The van der Waals surface area contributed by atoms with Gasteiger partial charge in [0, 0.05) is 31.7 Å². The van der Waals surface area contributed by atoms with E-state index in [4.69, 9.17) is 4.74 Å². The van der Waals surface area contributed by atoms with Crippen LogP contribution in [0.3, 0.4) is 0 Å². The number of carbonyl (C=O) groups excluding carboxylic acids is 1. The maximum absolute atomic E-state index is 12.0. The first kappa shape index (κ1) is 18.0. The summed E-state index contributed by atoms with van der Waals surface area (Å²) in [6, 6.07) is 15.5. The summed E-state index contributed by atoms with van der Waals surface area (Å²) in [6.07, 6.45) is 2.31. The molecular formula is C21H24N2O3. The highest BCUT2D eigenvalue weighted by Gasteiger charge is 2.11. The van der Waals surface area contributed by atoms with Crippen LogP contribution in [0, 0.1) is 0 Å². The Kier molecular flexibility index (Phi) is 5.58. The molecule has 5 heteroatoms. The van der Waals surface area contributed by atoms with Crippen molar-refractivity contribution in [2.45, 2.75) is 18.9 Å². The lowest BCUT2D eigenvalue weighted by Crippen LogP contribution is -2.28. The molecule has 0 aliphatic carbocycles. The molecule has 1 aromatic heterocycles. The lowest BCUT2D eigenvalue weighted by molar-refractivity contribution is -0.121. The Bertz CT molecular complexity index is 884. The minimum atomic E-state index is -0.718. The second kappa shape index (κ2) is 8.06. The summed E-state index contributed by atoms with van der Waals surface area (Å²) < 4.78 is 7.16. The Morgan fingerprint density at radius 3 is 2.69 bits per heavy atom. The summed E-state index contributed by atoms with van der Waals surface area (Å²) in [5.74, 6) is 0.734. The van der Waals surface area contributed by atoms with E-state index in [9.17, 15) is 9.90 Å². The van der Waals surface area contributed by atoms with Crippen molar-refractivity contribution in [3.8, 4) is 5.75 Å². The van der Waals surface area contributed by atoms with E-state index in [1.54, 1.807) is 7.11 Å². The van der Waals surface area contributed by atoms with Crippen LogP contribution in [0.25, 0.3) is 10.9 Å². The number of benzene rings is 2. The Labute approximate surface area is 153 Å². The Morgan fingerprint density at radius 1 is 1.19 bits per heavy atom. The van der Waals surface area contributed by atoms with E-state index in [0.29, 0.717) is 12.8 Å². The lowest BCUT2D eigenvalue weighted by atomic mass is 10.1. The molecule has 0 saturated heterocycles. The van der Waals surface area contributed by atoms with Crippen molar-refractivity contribution in [3.63, 3.8) is 0 Å². The van der Waals surface area contributed by atoms with Crippen molar-refractivity contribution in [2.75, 3.05) is 13.7 Å². The third-order valence-corrected chi connectivity index (χ3v) is 4.59. The number of aliphatic hydroxyl groups is 1. The molecule has 0 saturated carbocycles. The molecule has 1 unspecified atom stereocenters. The van der Waals surface area contributed by atoms with Gasteiger partial charge in [-0.2, -0.15) is 0 Å². The van der Waals surface area contributed by atoms with Gasteiger partial charge in [-0.1, -0.05) is 18.2 Å². The molecular weight excluding hydrogens is 328 g/mol. The number of nitrogens with zero attached hydrogens (tertiary/aromatic N) is 1. The van der Waals surface area contributed by atoms with E-state index in [1.165, 1.54) is 0 Å². The van der Waals surface area contributed by atoms with E-state index < -0.39 is 6.10 Å². The van der Waals surface area contributed by atoms with Crippen LogP contribution >= 0.6 is 0 Å². The van der Waals surface area contributed by atoms with E-state index >= 15 is 0 Å². The average Bonchev–Trinajstić information content (AvgIpc) is 3.05. The third-order valence-electron chi connectivity index (χ3n) is 4.59. The van der Waals surface area contributed by atoms with Crippen LogP contribution < -0.4 is 10.1 Å². The van der Waals surface area contributed by atoms with Gasteiger partial charge in [0.2, 0.25) is 5.91 Å². The maximum Gasteiger partial charge on any atom is 0.220 e. The van der Waals surface area contributed by atoms with Crippen LogP contribution in [0.5, 0.6) is 5.75 Å². The van der Waals surface area contributed by atoms with Gasteiger partial charge in [-0.3, -0.25) is 4.79 Å². The summed E-state index contributed by atoms with van der Waals surface area (Å²) in [5, 5.41) is 14.2. The summed E-state index contributed by atoms with van der Waals surface area (Å²) in [5.41, 5.74) is 3.00. The van der Waals surface area contributed by atoms with E-state index in [-0.39, 0.29) is 12.5 Å². The highest BCUT2D eigenvalue weighted by Crippen LogP contribution is 2.21. The molecule has 0 aliphatic heterocycles. The molecule has 1 amide bonds. The molecule has 5 nitrogen and oxygen atoms in total. The predicted molar refractivity (Wildman–Crippen MR) is 102 cm³/mol.